The Balaban J connectivity index is 1.52. The Morgan fingerprint density at radius 3 is 2.09 bits per heavy atom. The first-order valence-corrected chi connectivity index (χ1v) is 10.5. The van der Waals surface area contributed by atoms with Crippen molar-refractivity contribution >= 4 is 18.0 Å². The average molecular weight is 440 g/mol. The van der Waals surface area contributed by atoms with Gasteiger partial charge in [0.15, 0.2) is 0 Å². The molecule has 2 aromatic carbocycles. The molecule has 32 heavy (non-hydrogen) atoms. The van der Waals surface area contributed by atoms with Crippen LogP contribution in [0.1, 0.15) is 30.4 Å². The van der Waals surface area contributed by atoms with E-state index in [0.29, 0.717) is 0 Å². The van der Waals surface area contributed by atoms with Gasteiger partial charge in [0, 0.05) is 24.9 Å². The maximum absolute atomic E-state index is 12.3. The minimum absolute atomic E-state index is 0.0471. The molecule has 2 atom stereocenters. The van der Waals surface area contributed by atoms with Crippen LogP contribution in [-0.2, 0) is 14.3 Å². The number of amides is 2. The highest BCUT2D eigenvalue weighted by molar-refractivity contribution is 5.84. The van der Waals surface area contributed by atoms with Crippen molar-refractivity contribution in [3.05, 3.63) is 59.7 Å². The number of aliphatic carboxylic acids is 1. The molecule has 0 radical (unpaired) electrons. The van der Waals surface area contributed by atoms with Gasteiger partial charge in [0.05, 0.1) is 0 Å². The molecular formula is C24H29N3O5. The maximum Gasteiger partial charge on any atom is 0.407 e. The van der Waals surface area contributed by atoms with Gasteiger partial charge in [0.1, 0.15) is 12.6 Å². The molecule has 170 valence electrons. The molecule has 0 spiro atoms. The van der Waals surface area contributed by atoms with Crippen molar-refractivity contribution in [2.24, 2.45) is 0 Å². The number of alkyl carbamates (subject to hydrolysis) is 1. The number of ether oxygens (including phenoxy) is 1. The number of carboxylic acid groups (broad SMARTS) is 1. The van der Waals surface area contributed by atoms with Crippen LogP contribution in [0.15, 0.2) is 48.5 Å². The van der Waals surface area contributed by atoms with Crippen LogP contribution in [0, 0.1) is 0 Å². The lowest BCUT2D eigenvalue weighted by Crippen LogP contribution is -2.48. The summed E-state index contributed by atoms with van der Waals surface area (Å²) in [5.74, 6) is -1.61. The molecule has 0 saturated heterocycles. The maximum atomic E-state index is 12.3. The summed E-state index contributed by atoms with van der Waals surface area (Å²) >= 11 is 0. The lowest BCUT2D eigenvalue weighted by Gasteiger charge is -2.20. The number of hydrogen-bond acceptors (Lipinski definition) is 5. The number of likely N-dealkylation sites (N-methyl/N-ethyl adjacent to an activating group) is 1. The molecule has 3 N–H and O–H groups in total. The predicted octanol–water partition coefficient (Wildman–Crippen LogP) is 2.43. The van der Waals surface area contributed by atoms with Gasteiger partial charge < -0.3 is 25.4 Å². The molecule has 8 nitrogen and oxygen atoms in total. The summed E-state index contributed by atoms with van der Waals surface area (Å²) in [6.07, 6.45) is -0.670. The Morgan fingerprint density at radius 1 is 1.00 bits per heavy atom. The molecule has 3 rings (SSSR count). The molecule has 0 aromatic heterocycles. The van der Waals surface area contributed by atoms with E-state index in [2.05, 4.69) is 22.8 Å². The molecule has 2 amide bonds. The van der Waals surface area contributed by atoms with Crippen molar-refractivity contribution in [1.29, 1.82) is 0 Å². The van der Waals surface area contributed by atoms with Gasteiger partial charge in [-0.2, -0.15) is 0 Å². The van der Waals surface area contributed by atoms with E-state index in [9.17, 15) is 19.5 Å². The standard InChI is InChI=1S/C24H29N3O5/c1-15(12-22(28)26-21(23(29)30)13-27(2)3)25-24(31)32-14-20-18-10-6-4-8-16(18)17-9-5-7-11-19(17)20/h4-11,15,20-21H,12-14H2,1-3H3,(H,25,31)(H,26,28)(H,29,30)/t15-,21-/m0/s1. The van der Waals surface area contributed by atoms with Crippen LogP contribution in [0.25, 0.3) is 11.1 Å². The second-order valence-electron chi connectivity index (χ2n) is 8.30. The van der Waals surface area contributed by atoms with E-state index in [1.165, 1.54) is 0 Å². The highest BCUT2D eigenvalue weighted by atomic mass is 16.5. The lowest BCUT2D eigenvalue weighted by molar-refractivity contribution is -0.142. The van der Waals surface area contributed by atoms with Crippen LogP contribution in [-0.4, -0.2) is 67.3 Å². The molecule has 0 bridgehead atoms. The van der Waals surface area contributed by atoms with Crippen LogP contribution in [0.5, 0.6) is 0 Å². The molecule has 1 aliphatic rings. The van der Waals surface area contributed by atoms with Gasteiger partial charge >= 0.3 is 12.1 Å². The SMILES string of the molecule is C[C@@H](CC(=O)N[C@@H](CN(C)C)C(=O)O)NC(=O)OCC1c2ccccc2-c2ccccc21. The predicted molar refractivity (Wildman–Crippen MR) is 120 cm³/mol. The van der Waals surface area contributed by atoms with E-state index in [0.717, 1.165) is 22.3 Å². The fourth-order valence-electron chi connectivity index (χ4n) is 3.97. The molecule has 0 aliphatic heterocycles. The number of carboxylic acids is 1. The number of carbonyl (C=O) groups is 3. The van der Waals surface area contributed by atoms with Crippen molar-refractivity contribution in [2.75, 3.05) is 27.2 Å². The van der Waals surface area contributed by atoms with E-state index in [4.69, 9.17) is 4.74 Å². The van der Waals surface area contributed by atoms with E-state index in [1.54, 1.807) is 25.9 Å². The first kappa shape index (κ1) is 23.3. The molecule has 1 aliphatic carbocycles. The Bertz CT molecular complexity index is 946. The molecule has 8 heteroatoms. The number of hydrogen-bond donors (Lipinski definition) is 3. The summed E-state index contributed by atoms with van der Waals surface area (Å²) in [6.45, 7) is 2.03. The molecule has 0 fully saturated rings. The average Bonchev–Trinajstić information content (AvgIpc) is 3.05. The van der Waals surface area contributed by atoms with Crippen LogP contribution in [0.4, 0.5) is 4.79 Å². The molecular weight excluding hydrogens is 410 g/mol. The summed E-state index contributed by atoms with van der Waals surface area (Å²) in [5, 5.41) is 14.4. The number of nitrogens with zero attached hydrogens (tertiary/aromatic N) is 1. The number of benzene rings is 2. The Morgan fingerprint density at radius 2 is 1.56 bits per heavy atom. The first-order chi connectivity index (χ1) is 15.3. The topological polar surface area (TPSA) is 108 Å². The highest BCUT2D eigenvalue weighted by Gasteiger charge is 2.29. The molecule has 0 unspecified atom stereocenters. The van der Waals surface area contributed by atoms with Crippen LogP contribution in [0.3, 0.4) is 0 Å². The lowest BCUT2D eigenvalue weighted by atomic mass is 9.98. The van der Waals surface area contributed by atoms with E-state index in [1.807, 2.05) is 36.4 Å². The first-order valence-electron chi connectivity index (χ1n) is 10.5. The number of nitrogens with one attached hydrogen (secondary N) is 2. The van der Waals surface area contributed by atoms with Gasteiger partial charge in [-0.25, -0.2) is 9.59 Å². The molecule has 0 saturated carbocycles. The minimum atomic E-state index is -1.11. The third kappa shape index (κ3) is 5.64. The third-order valence-corrected chi connectivity index (χ3v) is 5.38. The van der Waals surface area contributed by atoms with Crippen molar-refractivity contribution in [3.8, 4) is 11.1 Å². The normalized spacial score (nSPS) is 14.2. The fourth-order valence-corrected chi connectivity index (χ4v) is 3.97. The Labute approximate surface area is 187 Å². The zero-order chi connectivity index (χ0) is 23.3. The Kier molecular flexibility index (Phi) is 7.48. The van der Waals surface area contributed by atoms with Gasteiger partial charge in [0.2, 0.25) is 5.91 Å². The summed E-state index contributed by atoms with van der Waals surface area (Å²) in [6, 6.07) is 14.6. The smallest absolute Gasteiger partial charge is 0.407 e. The summed E-state index contributed by atoms with van der Waals surface area (Å²) in [7, 11) is 3.45. The Hall–Kier alpha value is -3.39. The van der Waals surface area contributed by atoms with Crippen molar-refractivity contribution in [1.82, 2.24) is 15.5 Å². The second kappa shape index (κ2) is 10.3. The highest BCUT2D eigenvalue weighted by Crippen LogP contribution is 2.44. The van der Waals surface area contributed by atoms with E-state index in [-0.39, 0.29) is 25.5 Å². The minimum Gasteiger partial charge on any atom is -0.480 e. The van der Waals surface area contributed by atoms with Gasteiger partial charge in [-0.15, -0.1) is 0 Å². The van der Waals surface area contributed by atoms with E-state index < -0.39 is 30.1 Å². The van der Waals surface area contributed by atoms with E-state index >= 15 is 0 Å². The second-order valence-corrected chi connectivity index (χ2v) is 8.30. The van der Waals surface area contributed by atoms with Gasteiger partial charge in [-0.3, -0.25) is 4.79 Å². The third-order valence-electron chi connectivity index (χ3n) is 5.38. The van der Waals surface area contributed by atoms with Crippen LogP contribution in [0.2, 0.25) is 0 Å². The van der Waals surface area contributed by atoms with Crippen molar-refractivity contribution in [3.63, 3.8) is 0 Å². The zero-order valence-corrected chi connectivity index (χ0v) is 18.5. The largest absolute Gasteiger partial charge is 0.480 e. The van der Waals surface area contributed by atoms with Crippen molar-refractivity contribution < 1.29 is 24.2 Å². The quantitative estimate of drug-likeness (QED) is 0.554. The number of fused-ring (bicyclic) bond motifs is 3. The summed E-state index contributed by atoms with van der Waals surface area (Å²) in [4.78, 5) is 37.5. The number of rotatable bonds is 9. The van der Waals surface area contributed by atoms with Crippen LogP contribution < -0.4 is 10.6 Å². The summed E-state index contributed by atoms with van der Waals surface area (Å²) < 4.78 is 5.48. The van der Waals surface area contributed by atoms with Crippen molar-refractivity contribution in [2.45, 2.75) is 31.3 Å². The monoisotopic (exact) mass is 439 g/mol. The zero-order valence-electron chi connectivity index (χ0n) is 18.5. The van der Waals surface area contributed by atoms with Gasteiger partial charge in [-0.05, 0) is 43.3 Å². The molecule has 2 aromatic rings. The van der Waals surface area contributed by atoms with Gasteiger partial charge in [-0.1, -0.05) is 48.5 Å². The number of carbonyl (C=O) groups excluding carboxylic acids is 2. The van der Waals surface area contributed by atoms with Crippen LogP contribution >= 0.6 is 0 Å². The van der Waals surface area contributed by atoms with Gasteiger partial charge in [0.25, 0.3) is 0 Å². The fraction of sp³-hybridized carbons (Fsp3) is 0.375. The molecule has 0 heterocycles. The summed E-state index contributed by atoms with van der Waals surface area (Å²) in [5.41, 5.74) is 4.53.